The van der Waals surface area contributed by atoms with Gasteiger partial charge in [0.05, 0.1) is 31.3 Å². The molecule has 2 aliphatic rings. The first-order valence-corrected chi connectivity index (χ1v) is 8.67. The van der Waals surface area contributed by atoms with Crippen molar-refractivity contribution >= 4 is 22.8 Å². The minimum absolute atomic E-state index is 0.127. The lowest BCUT2D eigenvalue weighted by Gasteiger charge is -2.26. The second kappa shape index (κ2) is 6.19. The molecule has 0 radical (unpaired) electrons. The molecule has 4 rings (SSSR count). The molecule has 132 valence electrons. The van der Waals surface area contributed by atoms with Crippen LogP contribution in [-0.4, -0.2) is 35.7 Å². The van der Waals surface area contributed by atoms with Crippen molar-refractivity contribution in [1.29, 1.82) is 0 Å². The predicted molar refractivity (Wildman–Crippen MR) is 90.5 cm³/mol. The molecule has 1 fully saturated rings. The summed E-state index contributed by atoms with van der Waals surface area (Å²) in [7, 11) is 0. The van der Waals surface area contributed by atoms with Crippen LogP contribution in [0.3, 0.4) is 0 Å². The van der Waals surface area contributed by atoms with E-state index in [1.165, 1.54) is 11.1 Å². The molecule has 2 heterocycles. The Morgan fingerprint density at radius 2 is 2.04 bits per heavy atom. The number of furan rings is 1. The van der Waals surface area contributed by atoms with Gasteiger partial charge in [-0.2, -0.15) is 0 Å². The third-order valence-corrected chi connectivity index (χ3v) is 5.22. The summed E-state index contributed by atoms with van der Waals surface area (Å²) in [5.41, 5.74) is 3.52. The van der Waals surface area contributed by atoms with Crippen molar-refractivity contribution in [2.75, 3.05) is 13.2 Å². The van der Waals surface area contributed by atoms with E-state index in [1.54, 1.807) is 6.26 Å². The SMILES string of the molecule is O=C(O)CC1(NC(=O)Cc2coc3cc4c(cc23)CCC4)CCOC1. The van der Waals surface area contributed by atoms with Gasteiger partial charge in [-0.1, -0.05) is 0 Å². The molecule has 0 spiro atoms. The quantitative estimate of drug-likeness (QED) is 0.869. The van der Waals surface area contributed by atoms with E-state index in [0.29, 0.717) is 13.0 Å². The highest BCUT2D eigenvalue weighted by molar-refractivity contribution is 5.89. The van der Waals surface area contributed by atoms with Gasteiger partial charge in [-0.15, -0.1) is 0 Å². The van der Waals surface area contributed by atoms with Crippen LogP contribution in [0, 0.1) is 0 Å². The summed E-state index contributed by atoms with van der Waals surface area (Å²) < 4.78 is 11.0. The number of carbonyl (C=O) groups is 2. The second-order valence-electron chi connectivity index (χ2n) is 7.11. The van der Waals surface area contributed by atoms with E-state index >= 15 is 0 Å². The Labute approximate surface area is 145 Å². The number of ether oxygens (including phenoxy) is 1. The maximum absolute atomic E-state index is 12.5. The number of carboxylic acids is 1. The van der Waals surface area contributed by atoms with E-state index in [1.807, 2.05) is 0 Å². The lowest BCUT2D eigenvalue weighted by Crippen LogP contribution is -2.51. The number of hydrogen-bond acceptors (Lipinski definition) is 4. The minimum atomic E-state index is -0.935. The molecule has 25 heavy (non-hydrogen) atoms. The Morgan fingerprint density at radius 3 is 2.76 bits per heavy atom. The highest BCUT2D eigenvalue weighted by Crippen LogP contribution is 2.31. The normalized spacial score (nSPS) is 22.2. The molecular weight excluding hydrogens is 322 g/mol. The first kappa shape index (κ1) is 16.1. The Kier molecular flexibility index (Phi) is 4.00. The molecule has 1 aromatic heterocycles. The minimum Gasteiger partial charge on any atom is -0.481 e. The maximum atomic E-state index is 12.5. The molecule has 1 unspecified atom stereocenters. The van der Waals surface area contributed by atoms with Crippen LogP contribution in [-0.2, 0) is 33.6 Å². The van der Waals surface area contributed by atoms with E-state index < -0.39 is 11.5 Å². The summed E-state index contributed by atoms with van der Waals surface area (Å²) in [5.74, 6) is -1.13. The Morgan fingerprint density at radius 1 is 1.24 bits per heavy atom. The van der Waals surface area contributed by atoms with Gasteiger partial charge in [-0.05, 0) is 48.9 Å². The van der Waals surface area contributed by atoms with Crippen molar-refractivity contribution < 1.29 is 23.8 Å². The number of fused-ring (bicyclic) bond motifs is 2. The van der Waals surface area contributed by atoms with Crippen LogP contribution in [0.2, 0.25) is 0 Å². The van der Waals surface area contributed by atoms with Gasteiger partial charge in [0.15, 0.2) is 0 Å². The molecule has 1 aliphatic carbocycles. The molecule has 2 N–H and O–H groups in total. The fourth-order valence-electron chi connectivity index (χ4n) is 3.98. The van der Waals surface area contributed by atoms with Crippen molar-refractivity contribution in [3.63, 3.8) is 0 Å². The van der Waals surface area contributed by atoms with Gasteiger partial charge in [0.25, 0.3) is 0 Å². The Balaban J connectivity index is 1.52. The van der Waals surface area contributed by atoms with Crippen LogP contribution in [0.1, 0.15) is 36.0 Å². The maximum Gasteiger partial charge on any atom is 0.305 e. The van der Waals surface area contributed by atoms with E-state index in [-0.39, 0.29) is 25.4 Å². The molecule has 1 aliphatic heterocycles. The second-order valence-corrected chi connectivity index (χ2v) is 7.11. The third kappa shape index (κ3) is 3.14. The lowest BCUT2D eigenvalue weighted by molar-refractivity contribution is -0.139. The first-order chi connectivity index (χ1) is 12.0. The van der Waals surface area contributed by atoms with Gasteiger partial charge in [-0.25, -0.2) is 0 Å². The largest absolute Gasteiger partial charge is 0.481 e. The number of aryl methyl sites for hydroxylation is 2. The van der Waals surface area contributed by atoms with Gasteiger partial charge in [0.2, 0.25) is 5.91 Å². The molecular formula is C19H21NO5. The van der Waals surface area contributed by atoms with Crippen molar-refractivity contribution in [1.82, 2.24) is 5.32 Å². The molecule has 1 amide bonds. The molecule has 1 saturated heterocycles. The van der Waals surface area contributed by atoms with E-state index in [4.69, 9.17) is 14.3 Å². The highest BCUT2D eigenvalue weighted by atomic mass is 16.5. The van der Waals surface area contributed by atoms with E-state index in [9.17, 15) is 9.59 Å². The monoisotopic (exact) mass is 343 g/mol. The summed E-state index contributed by atoms with van der Waals surface area (Å²) >= 11 is 0. The average molecular weight is 343 g/mol. The average Bonchev–Trinajstić information content (AvgIpc) is 3.25. The molecule has 2 aromatic rings. The summed E-state index contributed by atoms with van der Waals surface area (Å²) in [4.78, 5) is 23.6. The molecule has 6 heteroatoms. The fraction of sp³-hybridized carbons (Fsp3) is 0.474. The van der Waals surface area contributed by atoms with Crippen LogP contribution in [0.4, 0.5) is 0 Å². The molecule has 1 atom stereocenters. The topological polar surface area (TPSA) is 88.8 Å². The first-order valence-electron chi connectivity index (χ1n) is 8.67. The van der Waals surface area contributed by atoms with Crippen molar-refractivity contribution in [3.8, 4) is 0 Å². The summed E-state index contributed by atoms with van der Waals surface area (Å²) in [6.07, 6.45) is 5.51. The van der Waals surface area contributed by atoms with Crippen LogP contribution in [0.15, 0.2) is 22.8 Å². The zero-order chi connectivity index (χ0) is 17.4. The summed E-state index contributed by atoms with van der Waals surface area (Å²) in [6, 6.07) is 4.21. The summed E-state index contributed by atoms with van der Waals surface area (Å²) in [6.45, 7) is 0.707. The van der Waals surface area contributed by atoms with Crippen molar-refractivity contribution in [2.45, 2.75) is 44.1 Å². The van der Waals surface area contributed by atoms with Crippen LogP contribution in [0.5, 0.6) is 0 Å². The smallest absolute Gasteiger partial charge is 0.305 e. The fourth-order valence-corrected chi connectivity index (χ4v) is 3.98. The number of hydrogen-bond donors (Lipinski definition) is 2. The highest BCUT2D eigenvalue weighted by Gasteiger charge is 2.38. The number of rotatable bonds is 5. The number of carbonyl (C=O) groups excluding carboxylic acids is 1. The number of benzene rings is 1. The van der Waals surface area contributed by atoms with Gasteiger partial charge in [0, 0.05) is 17.6 Å². The Hall–Kier alpha value is -2.34. The Bertz CT molecular complexity index is 832. The van der Waals surface area contributed by atoms with Crippen LogP contribution >= 0.6 is 0 Å². The van der Waals surface area contributed by atoms with Gasteiger partial charge in [-0.3, -0.25) is 9.59 Å². The standard InChI is InChI=1S/C19H21NO5/c21-17(20-19(9-18(22)23)4-5-24-11-19)8-14-10-25-16-7-13-3-1-2-12(13)6-15(14)16/h6-7,10H,1-5,8-9,11H2,(H,20,21)(H,22,23). The van der Waals surface area contributed by atoms with E-state index in [0.717, 1.165) is 35.8 Å². The number of carboxylic acid groups (broad SMARTS) is 1. The summed E-state index contributed by atoms with van der Waals surface area (Å²) in [5, 5.41) is 13.0. The predicted octanol–water partition coefficient (Wildman–Crippen LogP) is 2.21. The van der Waals surface area contributed by atoms with Crippen LogP contribution in [0.25, 0.3) is 11.0 Å². The van der Waals surface area contributed by atoms with Crippen LogP contribution < -0.4 is 5.32 Å². The van der Waals surface area contributed by atoms with Crippen molar-refractivity contribution in [2.24, 2.45) is 0 Å². The third-order valence-electron chi connectivity index (χ3n) is 5.22. The van der Waals surface area contributed by atoms with E-state index in [2.05, 4.69) is 17.4 Å². The number of amides is 1. The van der Waals surface area contributed by atoms with Gasteiger partial charge >= 0.3 is 5.97 Å². The number of nitrogens with one attached hydrogen (secondary N) is 1. The molecule has 6 nitrogen and oxygen atoms in total. The number of aliphatic carboxylic acids is 1. The van der Waals surface area contributed by atoms with Gasteiger partial charge in [0.1, 0.15) is 5.58 Å². The lowest BCUT2D eigenvalue weighted by atomic mass is 9.93. The van der Waals surface area contributed by atoms with Crippen molar-refractivity contribution in [3.05, 3.63) is 35.1 Å². The molecule has 0 saturated carbocycles. The molecule has 0 bridgehead atoms. The molecule has 1 aromatic carbocycles. The zero-order valence-electron chi connectivity index (χ0n) is 14.0. The zero-order valence-corrected chi connectivity index (χ0v) is 14.0. The van der Waals surface area contributed by atoms with Gasteiger partial charge < -0.3 is 19.6 Å².